The van der Waals surface area contributed by atoms with Gasteiger partial charge in [-0.1, -0.05) is 20.8 Å². The fraction of sp³-hybridized carbons (Fsp3) is 0.312. The van der Waals surface area contributed by atoms with E-state index in [0.717, 1.165) is 11.3 Å². The molecule has 3 aromatic rings. The second-order valence-corrected chi connectivity index (χ2v) is 6.29. The van der Waals surface area contributed by atoms with E-state index < -0.39 is 0 Å². The van der Waals surface area contributed by atoms with E-state index in [0.29, 0.717) is 11.6 Å². The quantitative estimate of drug-likeness (QED) is 0.778. The highest BCUT2D eigenvalue weighted by Crippen LogP contribution is 2.20. The molecule has 3 aromatic heterocycles. The van der Waals surface area contributed by atoms with Crippen molar-refractivity contribution in [2.45, 2.75) is 32.7 Å². The number of amides is 2. The number of hydrogen-bond acceptors (Lipinski definition) is 4. The molecule has 0 unspecified atom stereocenters. The molecule has 0 spiro atoms. The van der Waals surface area contributed by atoms with Gasteiger partial charge in [0, 0.05) is 24.0 Å². The molecule has 2 amide bonds. The Morgan fingerprint density at radius 3 is 2.91 bits per heavy atom. The largest absolute Gasteiger partial charge is 0.447 e. The number of rotatable bonds is 3. The number of imidazole rings is 1. The molecule has 0 aliphatic heterocycles. The van der Waals surface area contributed by atoms with E-state index in [4.69, 9.17) is 4.42 Å². The van der Waals surface area contributed by atoms with Crippen molar-refractivity contribution in [1.82, 2.24) is 19.7 Å². The van der Waals surface area contributed by atoms with Gasteiger partial charge in [-0.15, -0.1) is 0 Å². The average Bonchev–Trinajstić information content (AvgIpc) is 3.13. The lowest BCUT2D eigenvalue weighted by Crippen LogP contribution is -2.28. The molecular weight excluding hydrogens is 294 g/mol. The predicted octanol–water partition coefficient (Wildman–Crippen LogP) is 2.94. The zero-order valence-corrected chi connectivity index (χ0v) is 13.3. The van der Waals surface area contributed by atoms with E-state index in [-0.39, 0.29) is 18.0 Å². The number of oxazole rings is 1. The number of carbonyl (C=O) groups is 1. The topological polar surface area (TPSA) is 84.5 Å². The Morgan fingerprint density at radius 1 is 1.35 bits per heavy atom. The highest BCUT2D eigenvalue weighted by atomic mass is 16.3. The van der Waals surface area contributed by atoms with E-state index in [1.807, 2.05) is 16.7 Å². The number of pyridine rings is 1. The lowest BCUT2D eigenvalue weighted by molar-refractivity contribution is 0.250. The molecule has 3 heterocycles. The van der Waals surface area contributed by atoms with Crippen molar-refractivity contribution < 1.29 is 9.21 Å². The Bertz CT molecular complexity index is 828. The first-order chi connectivity index (χ1) is 10.9. The van der Waals surface area contributed by atoms with Crippen LogP contribution in [0.2, 0.25) is 0 Å². The van der Waals surface area contributed by atoms with Crippen LogP contribution in [0.25, 0.3) is 5.65 Å². The zero-order chi connectivity index (χ0) is 16.4. The maximum absolute atomic E-state index is 11.9. The van der Waals surface area contributed by atoms with E-state index in [1.54, 1.807) is 24.7 Å². The minimum atomic E-state index is -0.319. The van der Waals surface area contributed by atoms with E-state index in [9.17, 15) is 4.79 Å². The second kappa shape index (κ2) is 5.75. The number of nitrogens with zero attached hydrogens (tertiary/aromatic N) is 3. The molecule has 2 N–H and O–H groups in total. The van der Waals surface area contributed by atoms with Gasteiger partial charge in [0.25, 0.3) is 0 Å². The number of aromatic nitrogens is 3. The summed E-state index contributed by atoms with van der Waals surface area (Å²) in [5.74, 6) is 0.482. The van der Waals surface area contributed by atoms with Crippen LogP contribution in [-0.2, 0) is 12.0 Å². The molecule has 0 aliphatic carbocycles. The summed E-state index contributed by atoms with van der Waals surface area (Å²) in [5.41, 5.74) is 2.28. The SMILES string of the molecule is CC(C)(C)c1coc(CNC(=O)Nc2ccc3nccn3c2)n1. The van der Waals surface area contributed by atoms with Crippen LogP contribution in [-0.4, -0.2) is 20.4 Å². The molecule has 0 saturated carbocycles. The zero-order valence-electron chi connectivity index (χ0n) is 13.3. The molecule has 0 aromatic carbocycles. The van der Waals surface area contributed by atoms with Gasteiger partial charge in [0.05, 0.1) is 17.9 Å². The van der Waals surface area contributed by atoms with Crippen molar-refractivity contribution in [3.8, 4) is 0 Å². The summed E-state index contributed by atoms with van der Waals surface area (Å²) in [4.78, 5) is 20.5. The van der Waals surface area contributed by atoms with Crippen LogP contribution in [0.15, 0.2) is 41.4 Å². The number of nitrogens with one attached hydrogen (secondary N) is 2. The summed E-state index contributed by atoms with van der Waals surface area (Å²) in [6.45, 7) is 6.40. The van der Waals surface area contributed by atoms with Crippen LogP contribution in [0, 0.1) is 0 Å². The molecule has 0 fully saturated rings. The van der Waals surface area contributed by atoms with Crippen molar-refractivity contribution in [3.05, 3.63) is 48.6 Å². The average molecular weight is 313 g/mol. The number of carbonyl (C=O) groups excluding carboxylic acids is 1. The van der Waals surface area contributed by atoms with Crippen LogP contribution in [0.3, 0.4) is 0 Å². The van der Waals surface area contributed by atoms with Crippen LogP contribution in [0.4, 0.5) is 10.5 Å². The molecule has 23 heavy (non-hydrogen) atoms. The monoisotopic (exact) mass is 313 g/mol. The minimum Gasteiger partial charge on any atom is -0.447 e. The Balaban J connectivity index is 1.58. The van der Waals surface area contributed by atoms with Crippen molar-refractivity contribution in [2.24, 2.45) is 0 Å². The van der Waals surface area contributed by atoms with Crippen molar-refractivity contribution in [2.75, 3.05) is 5.32 Å². The summed E-state index contributed by atoms with van der Waals surface area (Å²) >= 11 is 0. The smallest absolute Gasteiger partial charge is 0.319 e. The standard InChI is InChI=1S/C16H19N5O2/c1-16(2,3)12-10-23-14(20-12)8-18-15(22)19-11-4-5-13-17-6-7-21(13)9-11/h4-7,9-10H,8H2,1-3H3,(H2,18,19,22). The summed E-state index contributed by atoms with van der Waals surface area (Å²) in [6.07, 6.45) is 6.94. The molecule has 7 heteroatoms. The first-order valence-corrected chi connectivity index (χ1v) is 7.34. The first-order valence-electron chi connectivity index (χ1n) is 7.34. The molecular formula is C16H19N5O2. The fourth-order valence-corrected chi connectivity index (χ4v) is 2.06. The van der Waals surface area contributed by atoms with E-state index >= 15 is 0 Å². The highest BCUT2D eigenvalue weighted by molar-refractivity contribution is 5.89. The maximum Gasteiger partial charge on any atom is 0.319 e. The number of urea groups is 1. The van der Waals surface area contributed by atoms with Gasteiger partial charge in [-0.3, -0.25) is 0 Å². The number of anilines is 1. The van der Waals surface area contributed by atoms with Gasteiger partial charge in [0.2, 0.25) is 5.89 Å². The Kier molecular flexibility index (Phi) is 3.77. The second-order valence-electron chi connectivity index (χ2n) is 6.29. The molecule has 0 bridgehead atoms. The lowest BCUT2D eigenvalue weighted by atomic mass is 9.93. The first kappa shape index (κ1) is 15.1. The number of hydrogen-bond donors (Lipinski definition) is 2. The van der Waals surface area contributed by atoms with Gasteiger partial charge >= 0.3 is 6.03 Å². The number of fused-ring (bicyclic) bond motifs is 1. The summed E-state index contributed by atoms with van der Waals surface area (Å²) < 4.78 is 7.21. The van der Waals surface area contributed by atoms with Crippen LogP contribution in [0.1, 0.15) is 32.4 Å². The highest BCUT2D eigenvalue weighted by Gasteiger charge is 2.18. The van der Waals surface area contributed by atoms with Gasteiger partial charge < -0.3 is 19.5 Å². The van der Waals surface area contributed by atoms with Crippen LogP contribution in [0.5, 0.6) is 0 Å². The normalized spacial score (nSPS) is 11.6. The van der Waals surface area contributed by atoms with Crippen molar-refractivity contribution in [1.29, 1.82) is 0 Å². The Hall–Kier alpha value is -2.83. The van der Waals surface area contributed by atoms with Gasteiger partial charge in [0.15, 0.2) is 0 Å². The Labute approximate surface area is 133 Å². The van der Waals surface area contributed by atoms with Gasteiger partial charge in [0.1, 0.15) is 11.9 Å². The molecule has 7 nitrogen and oxygen atoms in total. The molecule has 0 radical (unpaired) electrons. The fourth-order valence-electron chi connectivity index (χ4n) is 2.06. The summed E-state index contributed by atoms with van der Waals surface area (Å²) in [6, 6.07) is 3.31. The molecule has 0 aliphatic rings. The minimum absolute atomic E-state index is 0.0791. The van der Waals surface area contributed by atoms with Gasteiger partial charge in [-0.2, -0.15) is 0 Å². The maximum atomic E-state index is 11.9. The third kappa shape index (κ3) is 3.50. The van der Waals surface area contributed by atoms with E-state index in [2.05, 4.69) is 41.4 Å². The summed E-state index contributed by atoms with van der Waals surface area (Å²) in [5, 5.41) is 5.49. The van der Waals surface area contributed by atoms with Gasteiger partial charge in [-0.25, -0.2) is 14.8 Å². The van der Waals surface area contributed by atoms with Crippen LogP contribution < -0.4 is 10.6 Å². The van der Waals surface area contributed by atoms with Crippen LogP contribution >= 0.6 is 0 Å². The molecule has 0 atom stereocenters. The lowest BCUT2D eigenvalue weighted by Gasteiger charge is -2.13. The third-order valence-corrected chi connectivity index (χ3v) is 3.37. The Morgan fingerprint density at radius 2 is 2.17 bits per heavy atom. The van der Waals surface area contributed by atoms with Crippen molar-refractivity contribution >= 4 is 17.4 Å². The molecule has 120 valence electrons. The van der Waals surface area contributed by atoms with Gasteiger partial charge in [-0.05, 0) is 12.1 Å². The molecule has 0 saturated heterocycles. The predicted molar refractivity (Wildman–Crippen MR) is 86.3 cm³/mol. The van der Waals surface area contributed by atoms with E-state index in [1.165, 1.54) is 0 Å². The summed E-state index contributed by atoms with van der Waals surface area (Å²) in [7, 11) is 0. The molecule has 3 rings (SSSR count). The third-order valence-electron chi connectivity index (χ3n) is 3.37. The van der Waals surface area contributed by atoms with Crippen molar-refractivity contribution in [3.63, 3.8) is 0 Å².